The second-order valence-corrected chi connectivity index (χ2v) is 4.81. The Morgan fingerprint density at radius 3 is 2.22 bits per heavy atom. The predicted octanol–water partition coefficient (Wildman–Crippen LogP) is 2.52. The van der Waals surface area contributed by atoms with E-state index >= 15 is 0 Å². The minimum atomic E-state index is -0.790. The second kappa shape index (κ2) is 7.49. The van der Waals surface area contributed by atoms with Gasteiger partial charge in [0, 0.05) is 11.1 Å². The number of halogens is 2. The number of hydrogen-bond acceptors (Lipinski definition) is 3. The molecular formula is C17H15F2NO3. The topological polar surface area (TPSA) is 55.4 Å². The van der Waals surface area contributed by atoms with Gasteiger partial charge in [0.1, 0.15) is 17.4 Å². The summed E-state index contributed by atoms with van der Waals surface area (Å²) in [6.07, 6.45) is -0.464. The third kappa shape index (κ3) is 4.35. The monoisotopic (exact) mass is 319 g/mol. The van der Waals surface area contributed by atoms with E-state index < -0.39 is 24.0 Å². The summed E-state index contributed by atoms with van der Waals surface area (Å²) in [5.74, 6) is -1.91. The summed E-state index contributed by atoms with van der Waals surface area (Å²) >= 11 is 0. The first-order valence-corrected chi connectivity index (χ1v) is 6.88. The van der Waals surface area contributed by atoms with Gasteiger partial charge in [0.2, 0.25) is 5.91 Å². The highest BCUT2D eigenvalue weighted by molar-refractivity contribution is 5.99. The summed E-state index contributed by atoms with van der Waals surface area (Å²) in [4.78, 5) is 23.7. The third-order valence-corrected chi connectivity index (χ3v) is 3.26. The van der Waals surface area contributed by atoms with E-state index in [1.165, 1.54) is 13.2 Å². The third-order valence-electron chi connectivity index (χ3n) is 3.26. The van der Waals surface area contributed by atoms with E-state index in [0.29, 0.717) is 11.3 Å². The number of carbonyl (C=O) groups excluding carboxylic acids is 2. The first kappa shape index (κ1) is 16.6. The molecule has 1 amide bonds. The van der Waals surface area contributed by atoms with Gasteiger partial charge >= 0.3 is 0 Å². The lowest BCUT2D eigenvalue weighted by Gasteiger charge is -2.07. The average molecular weight is 319 g/mol. The maximum atomic E-state index is 13.4. The molecule has 0 saturated heterocycles. The minimum Gasteiger partial charge on any atom is -0.497 e. The Labute approximate surface area is 132 Å². The van der Waals surface area contributed by atoms with Crippen LogP contribution in [0, 0.1) is 11.6 Å². The minimum absolute atomic E-state index is 0.249. The van der Waals surface area contributed by atoms with Crippen LogP contribution in [0.3, 0.4) is 0 Å². The Balaban J connectivity index is 1.92. The molecule has 0 atom stereocenters. The zero-order valence-corrected chi connectivity index (χ0v) is 12.4. The SMILES string of the molecule is COc1ccc(C(=O)CNC(=O)Cc2c(F)cccc2F)cc1. The summed E-state index contributed by atoms with van der Waals surface area (Å²) in [6.45, 7) is -0.249. The maximum Gasteiger partial charge on any atom is 0.225 e. The largest absolute Gasteiger partial charge is 0.497 e. The standard InChI is InChI=1S/C17H15F2NO3/c1-23-12-7-5-11(6-8-12)16(21)10-20-17(22)9-13-14(18)3-2-4-15(13)19/h2-8H,9-10H2,1H3,(H,20,22). The lowest BCUT2D eigenvalue weighted by Crippen LogP contribution is -2.31. The highest BCUT2D eigenvalue weighted by Crippen LogP contribution is 2.13. The Kier molecular flexibility index (Phi) is 5.41. The Bertz CT molecular complexity index is 694. The van der Waals surface area contributed by atoms with E-state index in [2.05, 4.69) is 5.32 Å². The highest BCUT2D eigenvalue weighted by Gasteiger charge is 2.14. The molecule has 0 radical (unpaired) electrons. The predicted molar refractivity (Wildman–Crippen MR) is 80.4 cm³/mol. The number of rotatable bonds is 6. The molecule has 0 spiro atoms. The molecule has 2 rings (SSSR count). The van der Waals surface area contributed by atoms with Crippen molar-refractivity contribution in [1.82, 2.24) is 5.32 Å². The molecule has 0 saturated carbocycles. The van der Waals surface area contributed by atoms with Gasteiger partial charge in [-0.1, -0.05) is 6.07 Å². The summed E-state index contributed by atoms with van der Waals surface area (Å²) in [5, 5.41) is 2.36. The first-order valence-electron chi connectivity index (χ1n) is 6.88. The van der Waals surface area contributed by atoms with E-state index in [-0.39, 0.29) is 17.9 Å². The van der Waals surface area contributed by atoms with Crippen molar-refractivity contribution < 1.29 is 23.1 Å². The van der Waals surface area contributed by atoms with Crippen LogP contribution >= 0.6 is 0 Å². The molecule has 4 nitrogen and oxygen atoms in total. The first-order chi connectivity index (χ1) is 11.0. The van der Waals surface area contributed by atoms with Crippen molar-refractivity contribution in [3.63, 3.8) is 0 Å². The molecule has 0 fully saturated rings. The molecule has 0 aliphatic rings. The quantitative estimate of drug-likeness (QED) is 0.833. The van der Waals surface area contributed by atoms with Crippen LogP contribution < -0.4 is 10.1 Å². The average Bonchev–Trinajstić information content (AvgIpc) is 2.56. The molecule has 120 valence electrons. The number of nitrogens with one attached hydrogen (secondary N) is 1. The number of amides is 1. The summed E-state index contributed by atoms with van der Waals surface area (Å²) in [7, 11) is 1.51. The van der Waals surface area contributed by atoms with E-state index in [9.17, 15) is 18.4 Å². The van der Waals surface area contributed by atoms with Crippen LogP contribution in [0.2, 0.25) is 0 Å². The second-order valence-electron chi connectivity index (χ2n) is 4.81. The van der Waals surface area contributed by atoms with E-state index in [1.807, 2.05) is 0 Å². The van der Waals surface area contributed by atoms with E-state index in [4.69, 9.17) is 4.74 Å². The molecule has 0 bridgehead atoms. The smallest absolute Gasteiger partial charge is 0.225 e. The van der Waals surface area contributed by atoms with Gasteiger partial charge in [-0.05, 0) is 36.4 Å². The Hall–Kier alpha value is -2.76. The number of hydrogen-bond donors (Lipinski definition) is 1. The summed E-state index contributed by atoms with van der Waals surface area (Å²) in [6, 6.07) is 9.78. The van der Waals surface area contributed by atoms with Gasteiger partial charge in [-0.2, -0.15) is 0 Å². The fraction of sp³-hybridized carbons (Fsp3) is 0.176. The zero-order valence-electron chi connectivity index (χ0n) is 12.4. The van der Waals surface area contributed by atoms with Crippen LogP contribution in [0.4, 0.5) is 8.78 Å². The van der Waals surface area contributed by atoms with Gasteiger partial charge in [-0.3, -0.25) is 9.59 Å². The van der Waals surface area contributed by atoms with Gasteiger partial charge in [-0.25, -0.2) is 8.78 Å². The molecule has 23 heavy (non-hydrogen) atoms. The highest BCUT2D eigenvalue weighted by atomic mass is 19.1. The van der Waals surface area contributed by atoms with Crippen LogP contribution in [0.1, 0.15) is 15.9 Å². The van der Waals surface area contributed by atoms with Gasteiger partial charge < -0.3 is 10.1 Å². The van der Waals surface area contributed by atoms with Crippen molar-refractivity contribution in [2.75, 3.05) is 13.7 Å². The van der Waals surface area contributed by atoms with Crippen LogP contribution in [-0.2, 0) is 11.2 Å². The molecule has 0 aliphatic heterocycles. The molecule has 6 heteroatoms. The van der Waals surface area contributed by atoms with Crippen molar-refractivity contribution in [3.05, 3.63) is 65.2 Å². The zero-order chi connectivity index (χ0) is 16.8. The molecule has 0 aromatic heterocycles. The molecule has 2 aromatic carbocycles. The van der Waals surface area contributed by atoms with Crippen molar-refractivity contribution in [1.29, 1.82) is 0 Å². The van der Waals surface area contributed by atoms with Crippen LogP contribution in [0.5, 0.6) is 5.75 Å². The molecule has 0 aliphatic carbocycles. The van der Waals surface area contributed by atoms with Gasteiger partial charge in [-0.15, -0.1) is 0 Å². The van der Waals surface area contributed by atoms with Crippen molar-refractivity contribution in [2.24, 2.45) is 0 Å². The van der Waals surface area contributed by atoms with Crippen molar-refractivity contribution in [3.8, 4) is 5.75 Å². The number of carbonyl (C=O) groups is 2. The van der Waals surface area contributed by atoms with Crippen LogP contribution in [-0.4, -0.2) is 25.3 Å². The number of methoxy groups -OCH3 is 1. The van der Waals surface area contributed by atoms with Crippen LogP contribution in [0.15, 0.2) is 42.5 Å². The molecule has 2 aromatic rings. The van der Waals surface area contributed by atoms with Gasteiger partial charge in [0.15, 0.2) is 5.78 Å². The molecule has 0 unspecified atom stereocenters. The maximum absolute atomic E-state index is 13.4. The molecular weight excluding hydrogens is 304 g/mol. The number of ketones is 1. The lowest BCUT2D eigenvalue weighted by molar-refractivity contribution is -0.120. The van der Waals surface area contributed by atoms with Crippen molar-refractivity contribution >= 4 is 11.7 Å². The van der Waals surface area contributed by atoms with Gasteiger partial charge in [0.25, 0.3) is 0 Å². The van der Waals surface area contributed by atoms with Crippen LogP contribution in [0.25, 0.3) is 0 Å². The van der Waals surface area contributed by atoms with Crippen molar-refractivity contribution in [2.45, 2.75) is 6.42 Å². The van der Waals surface area contributed by atoms with E-state index in [0.717, 1.165) is 12.1 Å². The summed E-state index contributed by atoms with van der Waals surface area (Å²) in [5.41, 5.74) is 0.0880. The Morgan fingerprint density at radius 2 is 1.65 bits per heavy atom. The number of benzene rings is 2. The fourth-order valence-corrected chi connectivity index (χ4v) is 1.98. The summed E-state index contributed by atoms with van der Waals surface area (Å²) < 4.78 is 31.9. The molecule has 1 N–H and O–H groups in total. The Morgan fingerprint density at radius 1 is 1.04 bits per heavy atom. The normalized spacial score (nSPS) is 10.2. The number of Topliss-reactive ketones (excluding diaryl/α,β-unsaturated/α-hetero) is 1. The lowest BCUT2D eigenvalue weighted by atomic mass is 10.1. The van der Waals surface area contributed by atoms with E-state index in [1.54, 1.807) is 24.3 Å². The van der Waals surface area contributed by atoms with Gasteiger partial charge in [0.05, 0.1) is 20.1 Å². The fourth-order valence-electron chi connectivity index (χ4n) is 1.98. The number of ether oxygens (including phenoxy) is 1. The molecule has 0 heterocycles.